The van der Waals surface area contributed by atoms with Gasteiger partial charge in [-0.25, -0.2) is 8.42 Å². The van der Waals surface area contributed by atoms with Crippen molar-refractivity contribution < 1.29 is 8.42 Å². The van der Waals surface area contributed by atoms with Crippen LogP contribution in [0.2, 0.25) is 0 Å². The first-order chi connectivity index (χ1) is 17.5. The SMILES string of the molecule is N#CCC(C1CC1)n1nc(Nc2ccc3c(c2)CN(Cc2ccccc2)S3(=O)=O)c2c(=O)[nH]ccc21. The number of anilines is 2. The largest absolute Gasteiger partial charge is 0.338 e. The highest BCUT2D eigenvalue weighted by Crippen LogP contribution is 2.43. The number of rotatable bonds is 7. The molecule has 0 spiro atoms. The molecule has 1 aliphatic carbocycles. The van der Waals surface area contributed by atoms with Crippen molar-refractivity contribution >= 4 is 32.4 Å². The Morgan fingerprint density at radius 3 is 2.72 bits per heavy atom. The average molecular weight is 501 g/mol. The lowest BCUT2D eigenvalue weighted by Gasteiger charge is -2.14. The quantitative estimate of drug-likeness (QED) is 0.395. The van der Waals surface area contributed by atoms with Crippen LogP contribution < -0.4 is 10.9 Å². The summed E-state index contributed by atoms with van der Waals surface area (Å²) in [5, 5.41) is 17.7. The van der Waals surface area contributed by atoms with Gasteiger partial charge in [-0.3, -0.25) is 9.48 Å². The molecule has 4 aromatic rings. The summed E-state index contributed by atoms with van der Waals surface area (Å²) >= 11 is 0. The molecule has 0 bridgehead atoms. The maximum absolute atomic E-state index is 13.1. The molecule has 3 heterocycles. The first-order valence-electron chi connectivity index (χ1n) is 11.9. The number of H-pyrrole nitrogens is 1. The monoisotopic (exact) mass is 500 g/mol. The van der Waals surface area contributed by atoms with E-state index in [2.05, 4.69) is 16.4 Å². The second-order valence-electron chi connectivity index (χ2n) is 9.33. The second-order valence-corrected chi connectivity index (χ2v) is 11.2. The number of aromatic amines is 1. The van der Waals surface area contributed by atoms with Gasteiger partial charge in [0.2, 0.25) is 10.0 Å². The fraction of sp³-hybridized carbons (Fsp3) is 0.269. The molecule has 1 unspecified atom stereocenters. The maximum Gasteiger partial charge on any atom is 0.261 e. The summed E-state index contributed by atoms with van der Waals surface area (Å²) in [6.07, 6.45) is 3.99. The van der Waals surface area contributed by atoms with E-state index in [1.165, 1.54) is 4.31 Å². The molecule has 36 heavy (non-hydrogen) atoms. The van der Waals surface area contributed by atoms with Crippen molar-refractivity contribution in [3.8, 4) is 6.07 Å². The van der Waals surface area contributed by atoms with Crippen molar-refractivity contribution in [2.45, 2.75) is 43.3 Å². The molecule has 9 nitrogen and oxygen atoms in total. The Morgan fingerprint density at radius 1 is 1.17 bits per heavy atom. The smallest absolute Gasteiger partial charge is 0.261 e. The van der Waals surface area contributed by atoms with Gasteiger partial charge < -0.3 is 10.3 Å². The van der Waals surface area contributed by atoms with Crippen molar-refractivity contribution in [1.29, 1.82) is 5.26 Å². The summed E-state index contributed by atoms with van der Waals surface area (Å²) < 4.78 is 29.5. The molecule has 2 N–H and O–H groups in total. The minimum atomic E-state index is -3.59. The molecule has 182 valence electrons. The normalized spacial score (nSPS) is 17.5. The number of benzene rings is 2. The summed E-state index contributed by atoms with van der Waals surface area (Å²) in [5.74, 6) is 0.762. The molecular weight excluding hydrogens is 476 g/mol. The molecule has 2 aromatic carbocycles. The molecule has 0 amide bonds. The molecular formula is C26H24N6O3S. The first kappa shape index (κ1) is 22.5. The highest BCUT2D eigenvalue weighted by Gasteiger charge is 2.36. The van der Waals surface area contributed by atoms with Gasteiger partial charge in [0.15, 0.2) is 5.82 Å². The Labute approximate surface area is 208 Å². The van der Waals surface area contributed by atoms with Crippen molar-refractivity contribution in [2.24, 2.45) is 5.92 Å². The van der Waals surface area contributed by atoms with E-state index in [0.29, 0.717) is 51.8 Å². The van der Waals surface area contributed by atoms with Crippen LogP contribution in [0.4, 0.5) is 11.5 Å². The van der Waals surface area contributed by atoms with Crippen molar-refractivity contribution in [2.75, 3.05) is 5.32 Å². The highest BCUT2D eigenvalue weighted by atomic mass is 32.2. The fourth-order valence-corrected chi connectivity index (χ4v) is 6.58. The molecule has 0 radical (unpaired) electrons. The van der Waals surface area contributed by atoms with Gasteiger partial charge in [0, 0.05) is 25.0 Å². The van der Waals surface area contributed by atoms with Gasteiger partial charge in [-0.1, -0.05) is 30.3 Å². The van der Waals surface area contributed by atoms with Crippen LogP contribution in [0, 0.1) is 17.2 Å². The lowest BCUT2D eigenvalue weighted by atomic mass is 10.1. The number of hydrogen-bond acceptors (Lipinski definition) is 6. The van der Waals surface area contributed by atoms with Crippen LogP contribution in [0.25, 0.3) is 10.9 Å². The Bertz CT molecular complexity index is 1670. The zero-order valence-electron chi connectivity index (χ0n) is 19.4. The van der Waals surface area contributed by atoms with Crippen LogP contribution in [0.5, 0.6) is 0 Å². The van der Waals surface area contributed by atoms with E-state index < -0.39 is 10.0 Å². The average Bonchev–Trinajstić information content (AvgIpc) is 3.60. The standard InChI is InChI=1S/C26H24N6O3S/c27-12-10-21(18-6-7-18)32-22-11-13-28-26(33)24(22)25(30-32)29-20-8-9-23-19(14-20)16-31(36(23,34)35)15-17-4-2-1-3-5-17/h1-5,8-9,11,13-14,18,21H,6-7,10,15-16H2,(H,28,33)(H,29,30). The van der Waals surface area contributed by atoms with Crippen molar-refractivity contribution in [3.63, 3.8) is 0 Å². The van der Waals surface area contributed by atoms with E-state index in [1.54, 1.807) is 35.1 Å². The number of sulfonamides is 1. The predicted octanol–water partition coefficient (Wildman–Crippen LogP) is 4.04. The lowest BCUT2D eigenvalue weighted by Crippen LogP contribution is -2.23. The number of aromatic nitrogens is 3. The van der Waals surface area contributed by atoms with E-state index in [-0.39, 0.29) is 18.1 Å². The van der Waals surface area contributed by atoms with Crippen LogP contribution in [0.3, 0.4) is 0 Å². The number of pyridine rings is 1. The first-order valence-corrected chi connectivity index (χ1v) is 13.3. The topological polar surface area (TPSA) is 124 Å². The molecule has 1 aliphatic heterocycles. The van der Waals surface area contributed by atoms with E-state index in [0.717, 1.165) is 18.4 Å². The van der Waals surface area contributed by atoms with Crippen molar-refractivity contribution in [3.05, 3.63) is 82.3 Å². The number of nitrogens with zero attached hydrogens (tertiary/aromatic N) is 4. The third kappa shape index (κ3) is 3.86. The third-order valence-electron chi connectivity index (χ3n) is 6.90. The number of hydrogen-bond donors (Lipinski definition) is 2. The van der Waals surface area contributed by atoms with Crippen molar-refractivity contribution in [1.82, 2.24) is 19.1 Å². The summed E-state index contributed by atoms with van der Waals surface area (Å²) in [7, 11) is -3.59. The summed E-state index contributed by atoms with van der Waals surface area (Å²) in [6.45, 7) is 0.566. The Hall–Kier alpha value is -3.94. The maximum atomic E-state index is 13.1. The van der Waals surface area contributed by atoms with Crippen LogP contribution in [-0.2, 0) is 23.1 Å². The molecule has 6 rings (SSSR count). The Morgan fingerprint density at radius 2 is 1.97 bits per heavy atom. The third-order valence-corrected chi connectivity index (χ3v) is 8.79. The zero-order valence-corrected chi connectivity index (χ0v) is 20.2. The molecule has 1 atom stereocenters. The summed E-state index contributed by atoms with van der Waals surface area (Å²) in [6, 6.07) is 18.6. The molecule has 1 saturated carbocycles. The number of nitriles is 1. The van der Waals surface area contributed by atoms with Gasteiger partial charge >= 0.3 is 0 Å². The molecule has 0 saturated heterocycles. The summed E-state index contributed by atoms with van der Waals surface area (Å²) in [5.41, 5.74) is 2.65. The Balaban J connectivity index is 1.34. The summed E-state index contributed by atoms with van der Waals surface area (Å²) in [4.78, 5) is 15.8. The predicted molar refractivity (Wildman–Crippen MR) is 135 cm³/mol. The van der Waals surface area contributed by atoms with Gasteiger partial charge in [0.1, 0.15) is 5.39 Å². The second kappa shape index (κ2) is 8.62. The number of nitrogens with one attached hydrogen (secondary N) is 2. The molecule has 10 heteroatoms. The molecule has 2 aliphatic rings. The minimum Gasteiger partial charge on any atom is -0.338 e. The Kier molecular flexibility index (Phi) is 5.39. The lowest BCUT2D eigenvalue weighted by molar-refractivity contribution is 0.420. The van der Waals surface area contributed by atoms with E-state index in [9.17, 15) is 18.5 Å². The van der Waals surface area contributed by atoms with Gasteiger partial charge in [0.05, 0.1) is 28.9 Å². The van der Waals surface area contributed by atoms with E-state index in [1.807, 2.05) is 30.3 Å². The van der Waals surface area contributed by atoms with Gasteiger partial charge in [0.25, 0.3) is 5.56 Å². The van der Waals surface area contributed by atoms with Crippen LogP contribution >= 0.6 is 0 Å². The van der Waals surface area contributed by atoms with E-state index in [4.69, 9.17) is 5.10 Å². The highest BCUT2D eigenvalue weighted by molar-refractivity contribution is 7.89. The van der Waals surface area contributed by atoms with Gasteiger partial charge in [-0.15, -0.1) is 0 Å². The minimum absolute atomic E-state index is 0.0911. The van der Waals surface area contributed by atoms with Gasteiger partial charge in [-0.2, -0.15) is 14.7 Å². The molecule has 1 fully saturated rings. The molecule has 2 aromatic heterocycles. The zero-order chi connectivity index (χ0) is 24.9. The fourth-order valence-electron chi connectivity index (χ4n) is 4.98. The van der Waals surface area contributed by atoms with Gasteiger partial charge in [-0.05, 0) is 54.2 Å². The van der Waals surface area contributed by atoms with E-state index >= 15 is 0 Å². The number of fused-ring (bicyclic) bond motifs is 2. The van der Waals surface area contributed by atoms with Crippen LogP contribution in [0.15, 0.2) is 70.5 Å². The van der Waals surface area contributed by atoms with Crippen LogP contribution in [0.1, 0.15) is 36.4 Å². The van der Waals surface area contributed by atoms with Crippen LogP contribution in [-0.4, -0.2) is 27.5 Å².